The minimum absolute atomic E-state index is 0. The molecule has 0 saturated heterocycles. The van der Waals surface area contributed by atoms with Crippen LogP contribution in [0, 0.1) is 14.9 Å². The van der Waals surface area contributed by atoms with E-state index in [1.165, 1.54) is 128 Å². The van der Waals surface area contributed by atoms with E-state index >= 15 is 0 Å². The molecule has 0 radical (unpaired) electrons. The van der Waals surface area contributed by atoms with Crippen LogP contribution in [-0.2, 0) is 42.2 Å². The summed E-state index contributed by atoms with van der Waals surface area (Å²) in [6.45, 7) is 13.7. The van der Waals surface area contributed by atoms with Gasteiger partial charge in [0.1, 0.15) is 0 Å². The van der Waals surface area contributed by atoms with Gasteiger partial charge in [-0.05, 0) is 124 Å². The van der Waals surface area contributed by atoms with Gasteiger partial charge in [0.25, 0.3) is 0 Å². The van der Waals surface area contributed by atoms with Gasteiger partial charge < -0.3 is 20.4 Å². The number of hydrogen-bond acceptors (Lipinski definition) is 0. The minimum atomic E-state index is 0. The Balaban J connectivity index is 0.00000736. The molecule has 0 bridgehead atoms. The predicted octanol–water partition coefficient (Wildman–Crippen LogP) is 14.7. The quantitative estimate of drug-likeness (QED) is 0.0478. The van der Waals surface area contributed by atoms with E-state index in [0.717, 1.165) is 62.8 Å². The molecule has 272 valence electrons. The van der Waals surface area contributed by atoms with Crippen molar-refractivity contribution in [2.45, 2.75) is 176 Å². The molecule has 0 amide bonds. The maximum Gasteiger partial charge on any atom is 2.00 e. The van der Waals surface area contributed by atoms with Crippen LogP contribution in [0.4, 0.5) is 0 Å². The molecule has 48 heavy (non-hydrogen) atoms. The van der Waals surface area contributed by atoms with Crippen LogP contribution in [0.2, 0.25) is 0 Å². The molecule has 0 atom stereocenters. The summed E-state index contributed by atoms with van der Waals surface area (Å²) in [6.07, 6.45) is 24.7. The van der Waals surface area contributed by atoms with Gasteiger partial charge in [0.2, 0.25) is 11.4 Å². The van der Waals surface area contributed by atoms with Crippen LogP contribution in [0.3, 0.4) is 0 Å². The summed E-state index contributed by atoms with van der Waals surface area (Å²) in [6, 6.07) is 14.5. The first kappa shape index (κ1) is 46.0. The SMILES string of the molecule is CCCCCC1=C(c2cc(CCCC)cc(CCCCC)c2)[N+](=[N-])C(c2cc(CCCC)cc(CCCCC)c2)=C1CCCC.[CH3-].[CH3-].[Ni+2]. The zero-order chi connectivity index (χ0) is 32.4. The van der Waals surface area contributed by atoms with Gasteiger partial charge in [0, 0.05) is 22.3 Å². The molecule has 0 aromatic heterocycles. The molecule has 0 unspecified atom stereocenters. The molecule has 0 aliphatic carbocycles. The molecular weight excluding hydrogens is 627 g/mol. The summed E-state index contributed by atoms with van der Waals surface area (Å²) in [7, 11) is 0. The maximum atomic E-state index is 12.4. The Labute approximate surface area is 309 Å². The topological polar surface area (TPSA) is 25.3 Å². The smallest absolute Gasteiger partial charge is 0.493 e. The van der Waals surface area contributed by atoms with Gasteiger partial charge in [-0.3, -0.25) is 0 Å². The second-order valence-electron chi connectivity index (χ2n) is 13.7. The largest absolute Gasteiger partial charge is 2.00 e. The summed E-state index contributed by atoms with van der Waals surface area (Å²) < 4.78 is 1.65. The fourth-order valence-corrected chi connectivity index (χ4v) is 6.99. The van der Waals surface area contributed by atoms with E-state index in [4.69, 9.17) is 0 Å². The molecule has 0 spiro atoms. The van der Waals surface area contributed by atoms with Gasteiger partial charge >= 0.3 is 16.5 Å². The Bertz CT molecular complexity index is 1270. The van der Waals surface area contributed by atoms with E-state index < -0.39 is 0 Å². The summed E-state index contributed by atoms with van der Waals surface area (Å²) >= 11 is 0. The van der Waals surface area contributed by atoms with Crippen molar-refractivity contribution >= 4 is 11.4 Å². The van der Waals surface area contributed by atoms with E-state index in [9.17, 15) is 5.53 Å². The first-order chi connectivity index (χ1) is 22.0. The van der Waals surface area contributed by atoms with Crippen LogP contribution in [0.15, 0.2) is 47.5 Å². The van der Waals surface area contributed by atoms with Crippen molar-refractivity contribution in [3.8, 4) is 0 Å². The second kappa shape index (κ2) is 25.9. The van der Waals surface area contributed by atoms with E-state index in [1.54, 1.807) is 4.70 Å². The third kappa shape index (κ3) is 13.7. The molecule has 0 fully saturated rings. The van der Waals surface area contributed by atoms with Gasteiger partial charge in [-0.1, -0.05) is 111 Å². The summed E-state index contributed by atoms with van der Waals surface area (Å²) in [5, 5.41) is 0. The van der Waals surface area contributed by atoms with E-state index in [1.807, 2.05) is 0 Å². The maximum absolute atomic E-state index is 12.4. The van der Waals surface area contributed by atoms with Crippen molar-refractivity contribution in [1.29, 1.82) is 0 Å². The van der Waals surface area contributed by atoms with Crippen molar-refractivity contribution in [3.63, 3.8) is 0 Å². The summed E-state index contributed by atoms with van der Waals surface area (Å²) in [5.74, 6) is 0. The Morgan fingerprint density at radius 3 is 1.00 bits per heavy atom. The molecule has 1 aliphatic heterocycles. The zero-order valence-corrected chi connectivity index (χ0v) is 33.5. The van der Waals surface area contributed by atoms with Crippen molar-refractivity contribution < 1.29 is 21.2 Å². The Kier molecular flexibility index (Phi) is 24.8. The molecule has 0 saturated carbocycles. The molecule has 0 N–H and O–H groups in total. The molecule has 1 heterocycles. The number of allylic oxidation sites excluding steroid dienone is 2. The Morgan fingerprint density at radius 2 is 0.667 bits per heavy atom. The normalized spacial score (nSPS) is 12.7. The van der Waals surface area contributed by atoms with Gasteiger partial charge in [0.15, 0.2) is 0 Å². The summed E-state index contributed by atoms with van der Waals surface area (Å²) in [4.78, 5) is 0. The van der Waals surface area contributed by atoms with Gasteiger partial charge in [-0.2, -0.15) is 0 Å². The standard InChI is InChI=1S/C43H66N2.2CH3.Ni/c1-7-13-19-24-36-28-34(22-16-10-4)30-38(32-36)42-40(26-18-12-6)41(27-21-15-9-3)43(45(42)44)39-31-35(23-17-11-5)29-37(33-39)25-20-14-8-2;;;/h28-33H,7-27H2,1-6H3;2*1H3;/q;2*-1;+2. The first-order valence-electron chi connectivity index (χ1n) is 19.2. The number of nitrogens with zero attached hydrogens (tertiary/aromatic N) is 2. The number of hydrogen-bond donors (Lipinski definition) is 0. The number of benzene rings is 2. The Morgan fingerprint density at radius 1 is 0.396 bits per heavy atom. The molecule has 3 heteroatoms. The van der Waals surface area contributed by atoms with E-state index in [-0.39, 0.29) is 31.3 Å². The molecule has 2 nitrogen and oxygen atoms in total. The van der Waals surface area contributed by atoms with Crippen LogP contribution >= 0.6 is 0 Å². The Hall–Kier alpha value is -1.99. The van der Waals surface area contributed by atoms with Gasteiger partial charge in [-0.15, -0.1) is 0 Å². The van der Waals surface area contributed by atoms with Crippen LogP contribution < -0.4 is 0 Å². The fraction of sp³-hybridized carbons (Fsp3) is 0.600. The minimum Gasteiger partial charge on any atom is -0.493 e. The molecule has 2 aromatic carbocycles. The number of unbranched alkanes of at least 4 members (excludes halogenated alkanes) is 9. The van der Waals surface area contributed by atoms with Crippen LogP contribution in [0.5, 0.6) is 0 Å². The van der Waals surface area contributed by atoms with Crippen molar-refractivity contribution in [1.82, 2.24) is 0 Å². The number of aryl methyl sites for hydroxylation is 4. The van der Waals surface area contributed by atoms with E-state index in [2.05, 4.69) is 77.9 Å². The van der Waals surface area contributed by atoms with Gasteiger partial charge in [-0.25, -0.2) is 4.70 Å². The second-order valence-corrected chi connectivity index (χ2v) is 13.7. The van der Waals surface area contributed by atoms with E-state index in [0.29, 0.717) is 0 Å². The third-order valence-electron chi connectivity index (χ3n) is 9.60. The fourth-order valence-electron chi connectivity index (χ4n) is 6.99. The molecule has 1 aliphatic rings. The van der Waals surface area contributed by atoms with Crippen LogP contribution in [0.25, 0.3) is 16.9 Å². The molecule has 3 rings (SSSR count). The van der Waals surface area contributed by atoms with Crippen molar-refractivity contribution in [2.75, 3.05) is 0 Å². The number of rotatable bonds is 23. The summed E-state index contributed by atoms with van der Waals surface area (Å²) in [5.41, 5.74) is 25.5. The average Bonchev–Trinajstić information content (AvgIpc) is 3.32. The van der Waals surface area contributed by atoms with Crippen LogP contribution in [0.1, 0.15) is 184 Å². The zero-order valence-electron chi connectivity index (χ0n) is 32.5. The predicted molar refractivity (Wildman–Crippen MR) is 211 cm³/mol. The molecule has 2 aromatic rings. The molecular formula is C45H72N2Ni. The van der Waals surface area contributed by atoms with Crippen molar-refractivity contribution in [2.24, 2.45) is 0 Å². The van der Waals surface area contributed by atoms with Crippen molar-refractivity contribution in [3.05, 3.63) is 101 Å². The average molecular weight is 700 g/mol. The van der Waals surface area contributed by atoms with Gasteiger partial charge in [0.05, 0.1) is 0 Å². The third-order valence-corrected chi connectivity index (χ3v) is 9.60. The van der Waals surface area contributed by atoms with Crippen LogP contribution in [-0.4, -0.2) is 4.70 Å². The first-order valence-corrected chi connectivity index (χ1v) is 19.2. The monoisotopic (exact) mass is 699 g/mol.